The van der Waals surface area contributed by atoms with Crippen molar-refractivity contribution in [2.24, 2.45) is 0 Å². The normalized spacial score (nSPS) is 15.9. The van der Waals surface area contributed by atoms with Crippen molar-refractivity contribution in [2.75, 3.05) is 32.8 Å². The van der Waals surface area contributed by atoms with Crippen LogP contribution >= 0.6 is 0 Å². The quantitative estimate of drug-likeness (QED) is 0.926. The number of benzene rings is 1. The Balaban J connectivity index is 2.04. The van der Waals surface area contributed by atoms with Gasteiger partial charge in [0.05, 0.1) is 5.56 Å². The molecule has 0 aromatic heterocycles. The highest BCUT2D eigenvalue weighted by Gasteiger charge is 2.34. The van der Waals surface area contributed by atoms with E-state index in [-0.39, 0.29) is 18.3 Å². The third-order valence-electron chi connectivity index (χ3n) is 3.26. The summed E-state index contributed by atoms with van der Waals surface area (Å²) in [5.74, 6) is -0.609. The van der Waals surface area contributed by atoms with Crippen LogP contribution in [0.5, 0.6) is 5.75 Å². The predicted octanol–water partition coefficient (Wildman–Crippen LogP) is 1.82. The van der Waals surface area contributed by atoms with E-state index in [0.29, 0.717) is 31.7 Å². The lowest BCUT2D eigenvalue weighted by molar-refractivity contribution is -0.141. The molecule has 116 valence electrons. The van der Waals surface area contributed by atoms with Gasteiger partial charge in [0.15, 0.2) is 6.61 Å². The zero-order valence-corrected chi connectivity index (χ0v) is 11.7. The summed E-state index contributed by atoms with van der Waals surface area (Å²) in [6, 6.07) is 3.80. The number of piperazine rings is 1. The van der Waals surface area contributed by atoms with Gasteiger partial charge >= 0.3 is 6.18 Å². The van der Waals surface area contributed by atoms with E-state index < -0.39 is 11.7 Å². The molecule has 0 spiro atoms. The third-order valence-corrected chi connectivity index (χ3v) is 3.26. The minimum absolute atomic E-state index is 0.301. The number of carbonyl (C=O) groups excluding carboxylic acids is 1. The van der Waals surface area contributed by atoms with E-state index in [0.717, 1.165) is 6.07 Å². The molecule has 0 atom stereocenters. The van der Waals surface area contributed by atoms with Crippen molar-refractivity contribution in [3.8, 4) is 5.75 Å². The lowest BCUT2D eigenvalue weighted by atomic mass is 10.1. The second kappa shape index (κ2) is 6.34. The molecule has 1 amide bonds. The highest BCUT2D eigenvalue weighted by molar-refractivity contribution is 5.78. The number of rotatable bonds is 3. The van der Waals surface area contributed by atoms with E-state index in [2.05, 4.69) is 5.32 Å². The van der Waals surface area contributed by atoms with E-state index in [1.165, 1.54) is 12.1 Å². The van der Waals surface area contributed by atoms with Gasteiger partial charge in [-0.25, -0.2) is 0 Å². The van der Waals surface area contributed by atoms with Crippen LogP contribution in [0.2, 0.25) is 0 Å². The zero-order chi connectivity index (χ0) is 15.5. The van der Waals surface area contributed by atoms with E-state index in [1.54, 1.807) is 11.8 Å². The summed E-state index contributed by atoms with van der Waals surface area (Å²) >= 11 is 0. The fourth-order valence-electron chi connectivity index (χ4n) is 2.14. The maximum Gasteiger partial charge on any atom is 0.419 e. The van der Waals surface area contributed by atoms with Gasteiger partial charge in [-0.2, -0.15) is 13.2 Å². The molecule has 0 aliphatic carbocycles. The summed E-state index contributed by atoms with van der Waals surface area (Å²) in [6.07, 6.45) is -4.50. The molecule has 0 bridgehead atoms. The van der Waals surface area contributed by atoms with Crippen LogP contribution < -0.4 is 10.1 Å². The molecule has 1 N–H and O–H groups in total. The molecular weight excluding hydrogens is 285 g/mol. The second-order valence-electron chi connectivity index (χ2n) is 4.92. The molecule has 1 fully saturated rings. The van der Waals surface area contributed by atoms with E-state index in [1.807, 2.05) is 0 Å². The SMILES string of the molecule is Cc1ccc(OCC(=O)N2CCNCC2)c(C(F)(F)F)c1. The molecule has 2 rings (SSSR count). The van der Waals surface area contributed by atoms with Gasteiger partial charge in [-0.05, 0) is 19.1 Å². The maximum absolute atomic E-state index is 12.9. The first-order valence-electron chi connectivity index (χ1n) is 6.67. The molecule has 0 unspecified atom stereocenters. The molecule has 4 nitrogen and oxygen atoms in total. The monoisotopic (exact) mass is 302 g/mol. The topological polar surface area (TPSA) is 41.6 Å². The largest absolute Gasteiger partial charge is 0.483 e. The Morgan fingerprint density at radius 2 is 2.00 bits per heavy atom. The van der Waals surface area contributed by atoms with Gasteiger partial charge in [0.2, 0.25) is 0 Å². The molecule has 1 heterocycles. The number of hydrogen-bond donors (Lipinski definition) is 1. The minimum atomic E-state index is -4.50. The number of carbonyl (C=O) groups is 1. The van der Waals surface area contributed by atoms with Crippen molar-refractivity contribution in [1.82, 2.24) is 10.2 Å². The molecule has 21 heavy (non-hydrogen) atoms. The first-order valence-corrected chi connectivity index (χ1v) is 6.67. The Morgan fingerprint density at radius 1 is 1.33 bits per heavy atom. The van der Waals surface area contributed by atoms with Crippen LogP contribution in [0, 0.1) is 6.92 Å². The fourth-order valence-corrected chi connectivity index (χ4v) is 2.14. The molecular formula is C14H17F3N2O2. The predicted molar refractivity (Wildman–Crippen MR) is 71.1 cm³/mol. The van der Waals surface area contributed by atoms with Gasteiger partial charge in [-0.15, -0.1) is 0 Å². The van der Waals surface area contributed by atoms with Gasteiger partial charge in [0.25, 0.3) is 5.91 Å². The average Bonchev–Trinajstić information content (AvgIpc) is 2.45. The van der Waals surface area contributed by atoms with Crippen LogP contribution in [-0.2, 0) is 11.0 Å². The van der Waals surface area contributed by atoms with Crippen molar-refractivity contribution in [3.05, 3.63) is 29.3 Å². The lowest BCUT2D eigenvalue weighted by Crippen LogP contribution is -2.48. The summed E-state index contributed by atoms with van der Waals surface area (Å²) in [6.45, 7) is 3.65. The van der Waals surface area contributed by atoms with Crippen molar-refractivity contribution in [2.45, 2.75) is 13.1 Å². The molecule has 1 aromatic rings. The first-order chi connectivity index (χ1) is 9.88. The first kappa shape index (κ1) is 15.6. The van der Waals surface area contributed by atoms with E-state index in [9.17, 15) is 18.0 Å². The van der Waals surface area contributed by atoms with Crippen LogP contribution in [0.15, 0.2) is 18.2 Å². The standard InChI is InChI=1S/C14H17F3N2O2/c1-10-2-3-12(11(8-10)14(15,16)17)21-9-13(20)19-6-4-18-5-7-19/h2-3,8,18H,4-7,9H2,1H3. The van der Waals surface area contributed by atoms with Gasteiger partial charge in [-0.1, -0.05) is 11.6 Å². The van der Waals surface area contributed by atoms with Crippen LogP contribution in [-0.4, -0.2) is 43.6 Å². The molecule has 1 aliphatic rings. The van der Waals surface area contributed by atoms with Crippen molar-refractivity contribution in [1.29, 1.82) is 0 Å². The van der Waals surface area contributed by atoms with Crippen molar-refractivity contribution < 1.29 is 22.7 Å². The zero-order valence-electron chi connectivity index (χ0n) is 11.7. The lowest BCUT2D eigenvalue weighted by Gasteiger charge is -2.27. The van der Waals surface area contributed by atoms with Gasteiger partial charge < -0.3 is 15.0 Å². The molecule has 0 saturated carbocycles. The highest BCUT2D eigenvalue weighted by atomic mass is 19.4. The average molecular weight is 302 g/mol. The number of hydrogen-bond acceptors (Lipinski definition) is 3. The summed E-state index contributed by atoms with van der Waals surface area (Å²) in [7, 11) is 0. The third kappa shape index (κ3) is 4.10. The fraction of sp³-hybridized carbons (Fsp3) is 0.500. The summed E-state index contributed by atoms with van der Waals surface area (Å²) in [5, 5.41) is 3.10. The second-order valence-corrected chi connectivity index (χ2v) is 4.92. The Labute approximate surface area is 120 Å². The number of nitrogens with one attached hydrogen (secondary N) is 1. The number of aryl methyl sites for hydroxylation is 1. The van der Waals surface area contributed by atoms with Crippen LogP contribution in [0.1, 0.15) is 11.1 Å². The Morgan fingerprint density at radius 3 is 2.62 bits per heavy atom. The van der Waals surface area contributed by atoms with E-state index >= 15 is 0 Å². The maximum atomic E-state index is 12.9. The summed E-state index contributed by atoms with van der Waals surface area (Å²) in [4.78, 5) is 13.5. The van der Waals surface area contributed by atoms with Gasteiger partial charge in [-0.3, -0.25) is 4.79 Å². The number of ether oxygens (including phenoxy) is 1. The Bertz CT molecular complexity index is 511. The molecule has 7 heteroatoms. The van der Waals surface area contributed by atoms with Crippen LogP contribution in [0.3, 0.4) is 0 Å². The number of amides is 1. The molecule has 1 aromatic carbocycles. The Hall–Kier alpha value is -1.76. The van der Waals surface area contributed by atoms with E-state index in [4.69, 9.17) is 4.74 Å². The summed E-state index contributed by atoms with van der Waals surface area (Å²) < 4.78 is 43.9. The van der Waals surface area contributed by atoms with Crippen LogP contribution in [0.4, 0.5) is 13.2 Å². The highest BCUT2D eigenvalue weighted by Crippen LogP contribution is 2.36. The minimum Gasteiger partial charge on any atom is -0.483 e. The van der Waals surface area contributed by atoms with Gasteiger partial charge in [0, 0.05) is 26.2 Å². The van der Waals surface area contributed by atoms with Crippen LogP contribution in [0.25, 0.3) is 0 Å². The summed E-state index contributed by atoms with van der Waals surface area (Å²) in [5.41, 5.74) is -0.362. The number of alkyl halides is 3. The van der Waals surface area contributed by atoms with Gasteiger partial charge in [0.1, 0.15) is 5.75 Å². The number of halogens is 3. The molecule has 0 radical (unpaired) electrons. The molecule has 1 saturated heterocycles. The molecule has 1 aliphatic heterocycles. The van der Waals surface area contributed by atoms with Crippen molar-refractivity contribution in [3.63, 3.8) is 0 Å². The van der Waals surface area contributed by atoms with Crippen molar-refractivity contribution >= 4 is 5.91 Å². The smallest absolute Gasteiger partial charge is 0.419 e. The Kier molecular flexibility index (Phi) is 4.72. The number of nitrogens with zero attached hydrogens (tertiary/aromatic N) is 1.